The first-order valence-corrected chi connectivity index (χ1v) is 7.56. The minimum Gasteiger partial charge on any atom is -0.497 e. The van der Waals surface area contributed by atoms with Crippen molar-refractivity contribution in [2.45, 2.75) is 20.4 Å². The number of aryl methyl sites for hydroxylation is 2. The molecule has 0 fully saturated rings. The highest BCUT2D eigenvalue weighted by Gasteiger charge is 2.11. The number of benzene rings is 2. The van der Waals surface area contributed by atoms with Crippen LogP contribution < -0.4 is 9.47 Å². The van der Waals surface area contributed by atoms with Crippen LogP contribution in [0.1, 0.15) is 16.7 Å². The fourth-order valence-corrected chi connectivity index (χ4v) is 2.34. The van der Waals surface area contributed by atoms with Gasteiger partial charge in [-0.1, -0.05) is 29.8 Å². The number of carbonyl (C=O) groups excluding carboxylic acids is 1. The maximum Gasteiger partial charge on any atom is 0.260 e. The van der Waals surface area contributed by atoms with Gasteiger partial charge in [0.2, 0.25) is 0 Å². The molecule has 4 nitrogen and oxygen atoms in total. The minimum atomic E-state index is -0.0622. The van der Waals surface area contributed by atoms with Gasteiger partial charge >= 0.3 is 0 Å². The Hall–Kier alpha value is -2.49. The first-order valence-electron chi connectivity index (χ1n) is 7.56. The van der Waals surface area contributed by atoms with Crippen molar-refractivity contribution in [1.82, 2.24) is 4.90 Å². The monoisotopic (exact) mass is 313 g/mol. The van der Waals surface area contributed by atoms with Gasteiger partial charge in [-0.25, -0.2) is 0 Å². The molecular weight excluding hydrogens is 290 g/mol. The third-order valence-electron chi connectivity index (χ3n) is 3.66. The van der Waals surface area contributed by atoms with Crippen LogP contribution in [0.4, 0.5) is 0 Å². The van der Waals surface area contributed by atoms with Gasteiger partial charge < -0.3 is 14.4 Å². The van der Waals surface area contributed by atoms with Gasteiger partial charge in [0.15, 0.2) is 6.61 Å². The number of likely N-dealkylation sites (N-methyl/N-ethyl adjacent to an activating group) is 1. The summed E-state index contributed by atoms with van der Waals surface area (Å²) >= 11 is 0. The Balaban J connectivity index is 1.91. The molecule has 2 rings (SSSR count). The number of nitrogens with zero attached hydrogens (tertiary/aromatic N) is 1. The van der Waals surface area contributed by atoms with Crippen LogP contribution in [0.2, 0.25) is 0 Å². The number of ether oxygens (including phenoxy) is 2. The summed E-state index contributed by atoms with van der Waals surface area (Å²) in [5.74, 6) is 1.47. The standard InChI is InChI=1S/C19H23NO3/c1-14-8-9-18(15(2)10-14)23-13-19(21)20(3)12-16-6-5-7-17(11-16)22-4/h5-11H,12-13H2,1-4H3. The molecule has 0 bridgehead atoms. The molecule has 0 aliphatic rings. The molecule has 0 aliphatic heterocycles. The third kappa shape index (κ3) is 4.74. The lowest BCUT2D eigenvalue weighted by Crippen LogP contribution is -2.31. The molecule has 2 aromatic rings. The van der Waals surface area contributed by atoms with Gasteiger partial charge in [0.25, 0.3) is 5.91 Å². The summed E-state index contributed by atoms with van der Waals surface area (Å²) in [6.07, 6.45) is 0. The Bertz CT molecular complexity index is 682. The van der Waals surface area contributed by atoms with E-state index in [9.17, 15) is 4.79 Å². The largest absolute Gasteiger partial charge is 0.497 e. The molecule has 0 aliphatic carbocycles. The molecule has 0 unspecified atom stereocenters. The van der Waals surface area contributed by atoms with E-state index < -0.39 is 0 Å². The molecule has 2 aromatic carbocycles. The van der Waals surface area contributed by atoms with Gasteiger partial charge in [0.05, 0.1) is 7.11 Å². The van der Waals surface area contributed by atoms with Gasteiger partial charge in [-0.05, 0) is 43.2 Å². The highest BCUT2D eigenvalue weighted by Crippen LogP contribution is 2.19. The molecule has 0 aromatic heterocycles. The fraction of sp³-hybridized carbons (Fsp3) is 0.316. The summed E-state index contributed by atoms with van der Waals surface area (Å²) in [5, 5.41) is 0. The molecule has 0 saturated heterocycles. The number of rotatable bonds is 6. The van der Waals surface area contributed by atoms with Crippen molar-refractivity contribution in [3.63, 3.8) is 0 Å². The van der Waals surface area contributed by atoms with E-state index >= 15 is 0 Å². The van der Waals surface area contributed by atoms with Crippen LogP contribution in [-0.4, -0.2) is 31.6 Å². The summed E-state index contributed by atoms with van der Waals surface area (Å²) in [6, 6.07) is 13.6. The van der Waals surface area contributed by atoms with Crippen molar-refractivity contribution in [2.75, 3.05) is 20.8 Å². The first kappa shape index (κ1) is 16.9. The van der Waals surface area contributed by atoms with Crippen LogP contribution in [0.25, 0.3) is 0 Å². The van der Waals surface area contributed by atoms with E-state index in [2.05, 4.69) is 0 Å². The van der Waals surface area contributed by atoms with Crippen LogP contribution in [-0.2, 0) is 11.3 Å². The number of methoxy groups -OCH3 is 1. The summed E-state index contributed by atoms with van der Waals surface area (Å²) in [6.45, 7) is 4.56. The fourth-order valence-electron chi connectivity index (χ4n) is 2.34. The average molecular weight is 313 g/mol. The summed E-state index contributed by atoms with van der Waals surface area (Å²) in [4.78, 5) is 13.9. The smallest absolute Gasteiger partial charge is 0.260 e. The lowest BCUT2D eigenvalue weighted by atomic mass is 10.1. The Labute approximate surface area is 137 Å². The van der Waals surface area contributed by atoms with Crippen molar-refractivity contribution in [3.05, 3.63) is 59.2 Å². The van der Waals surface area contributed by atoms with Crippen molar-refractivity contribution >= 4 is 5.91 Å². The van der Waals surface area contributed by atoms with Crippen LogP contribution in [0.3, 0.4) is 0 Å². The Morgan fingerprint density at radius 3 is 2.61 bits per heavy atom. The van der Waals surface area contributed by atoms with E-state index in [-0.39, 0.29) is 12.5 Å². The molecule has 1 amide bonds. The van der Waals surface area contributed by atoms with E-state index in [0.717, 1.165) is 22.6 Å². The molecule has 122 valence electrons. The molecule has 0 saturated carbocycles. The number of hydrogen-bond donors (Lipinski definition) is 0. The molecule has 4 heteroatoms. The topological polar surface area (TPSA) is 38.8 Å². The van der Waals surface area contributed by atoms with Crippen molar-refractivity contribution in [2.24, 2.45) is 0 Å². The van der Waals surface area contributed by atoms with Crippen molar-refractivity contribution in [1.29, 1.82) is 0 Å². The lowest BCUT2D eigenvalue weighted by Gasteiger charge is -2.18. The minimum absolute atomic E-state index is 0.0321. The van der Waals surface area contributed by atoms with Crippen LogP contribution in [0.5, 0.6) is 11.5 Å². The van der Waals surface area contributed by atoms with Crippen LogP contribution in [0.15, 0.2) is 42.5 Å². The van der Waals surface area contributed by atoms with Gasteiger partial charge in [-0.2, -0.15) is 0 Å². The second kappa shape index (κ2) is 7.68. The number of amides is 1. The van der Waals surface area contributed by atoms with Crippen LogP contribution >= 0.6 is 0 Å². The zero-order valence-corrected chi connectivity index (χ0v) is 14.1. The highest BCUT2D eigenvalue weighted by atomic mass is 16.5. The van der Waals surface area contributed by atoms with E-state index in [4.69, 9.17) is 9.47 Å². The molecule has 0 atom stereocenters. The Morgan fingerprint density at radius 2 is 1.91 bits per heavy atom. The lowest BCUT2D eigenvalue weighted by molar-refractivity contribution is -0.132. The molecule has 0 N–H and O–H groups in total. The maximum absolute atomic E-state index is 12.2. The van der Waals surface area contributed by atoms with Gasteiger partial charge in [-0.3, -0.25) is 4.79 Å². The average Bonchev–Trinajstić information content (AvgIpc) is 2.54. The second-order valence-corrected chi connectivity index (χ2v) is 5.66. The zero-order valence-electron chi connectivity index (χ0n) is 14.1. The third-order valence-corrected chi connectivity index (χ3v) is 3.66. The second-order valence-electron chi connectivity index (χ2n) is 5.66. The van der Waals surface area contributed by atoms with Crippen molar-refractivity contribution in [3.8, 4) is 11.5 Å². The number of carbonyl (C=O) groups is 1. The molecule has 0 heterocycles. The quantitative estimate of drug-likeness (QED) is 0.821. The molecule has 0 spiro atoms. The summed E-state index contributed by atoms with van der Waals surface area (Å²) in [7, 11) is 3.40. The summed E-state index contributed by atoms with van der Waals surface area (Å²) in [5.41, 5.74) is 3.23. The molecule has 0 radical (unpaired) electrons. The van der Waals surface area contributed by atoms with Crippen molar-refractivity contribution < 1.29 is 14.3 Å². The van der Waals surface area contributed by atoms with E-state index in [1.54, 1.807) is 19.1 Å². The predicted octanol–water partition coefficient (Wildman–Crippen LogP) is 3.35. The van der Waals surface area contributed by atoms with Gasteiger partial charge in [0, 0.05) is 13.6 Å². The first-order chi connectivity index (χ1) is 11.0. The van der Waals surface area contributed by atoms with Gasteiger partial charge in [0.1, 0.15) is 11.5 Å². The molecular formula is C19H23NO3. The Morgan fingerprint density at radius 1 is 1.13 bits per heavy atom. The van der Waals surface area contributed by atoms with Crippen LogP contribution in [0, 0.1) is 13.8 Å². The van der Waals surface area contributed by atoms with E-state index in [1.165, 1.54) is 5.56 Å². The SMILES string of the molecule is COc1cccc(CN(C)C(=O)COc2ccc(C)cc2C)c1. The summed E-state index contributed by atoms with van der Waals surface area (Å²) < 4.78 is 10.8. The zero-order chi connectivity index (χ0) is 16.8. The van der Waals surface area contributed by atoms with E-state index in [1.807, 2.05) is 56.3 Å². The molecule has 23 heavy (non-hydrogen) atoms. The Kier molecular flexibility index (Phi) is 5.63. The van der Waals surface area contributed by atoms with E-state index in [0.29, 0.717) is 6.54 Å². The van der Waals surface area contributed by atoms with Gasteiger partial charge in [-0.15, -0.1) is 0 Å². The maximum atomic E-state index is 12.2. The number of hydrogen-bond acceptors (Lipinski definition) is 3. The predicted molar refractivity (Wildman–Crippen MR) is 90.9 cm³/mol. The normalized spacial score (nSPS) is 10.3. The highest BCUT2D eigenvalue weighted by molar-refractivity contribution is 5.77.